The topological polar surface area (TPSA) is 75.8 Å². The fraction of sp³-hybridized carbons (Fsp3) is 0.516. The molecule has 0 bridgehead atoms. The van der Waals surface area contributed by atoms with E-state index in [1.165, 1.54) is 6.07 Å². The van der Waals surface area contributed by atoms with Gasteiger partial charge in [0.15, 0.2) is 0 Å². The number of thioether (sulfide) groups is 1. The van der Waals surface area contributed by atoms with Crippen LogP contribution in [0.3, 0.4) is 0 Å². The van der Waals surface area contributed by atoms with E-state index in [4.69, 9.17) is 5.73 Å². The molecule has 5 rings (SSSR count). The summed E-state index contributed by atoms with van der Waals surface area (Å²) >= 11 is 1.60. The van der Waals surface area contributed by atoms with Gasteiger partial charge in [-0.1, -0.05) is 67.2 Å². The normalized spacial score (nSPS) is 29.7. The van der Waals surface area contributed by atoms with Crippen molar-refractivity contribution in [3.8, 4) is 0 Å². The highest BCUT2D eigenvalue weighted by molar-refractivity contribution is 8.16. The fourth-order valence-electron chi connectivity index (χ4n) is 6.84. The Morgan fingerprint density at radius 2 is 1.71 bits per heavy atom. The van der Waals surface area contributed by atoms with Crippen molar-refractivity contribution in [2.24, 2.45) is 16.6 Å². The molecule has 3 aliphatic rings. The summed E-state index contributed by atoms with van der Waals surface area (Å²) in [6, 6.07) is 17.3. The maximum absolute atomic E-state index is 14.3. The average Bonchev–Trinajstić information content (AvgIpc) is 3.22. The Hall–Kier alpha value is -2.51. The van der Waals surface area contributed by atoms with E-state index in [1.54, 1.807) is 17.8 Å². The predicted molar refractivity (Wildman–Crippen MR) is 152 cm³/mol. The number of hydrogen-bond donors (Lipinski definition) is 1. The minimum Gasteiger partial charge on any atom is -0.369 e. The Morgan fingerprint density at radius 1 is 1.08 bits per heavy atom. The zero-order valence-electron chi connectivity index (χ0n) is 22.4. The van der Waals surface area contributed by atoms with Crippen LogP contribution in [0.15, 0.2) is 59.6 Å². The minimum absolute atomic E-state index is 0.0332. The summed E-state index contributed by atoms with van der Waals surface area (Å²) in [6.07, 6.45) is 5.95. The number of aliphatic imine (C=N–C) groups is 1. The highest BCUT2D eigenvalue weighted by atomic mass is 32.2. The molecule has 2 amide bonds. The third kappa shape index (κ3) is 5.07. The highest BCUT2D eigenvalue weighted by Crippen LogP contribution is 2.47. The van der Waals surface area contributed by atoms with Crippen LogP contribution in [-0.4, -0.2) is 45.6 Å². The molecule has 2 heterocycles. The number of hydrogen-bond acceptors (Lipinski definition) is 4. The van der Waals surface area contributed by atoms with E-state index >= 15 is 0 Å². The van der Waals surface area contributed by atoms with Crippen molar-refractivity contribution < 1.29 is 14.0 Å². The summed E-state index contributed by atoms with van der Waals surface area (Å²) in [5, 5.41) is 0.826. The molecular formula is C31H38FN3O2S. The maximum Gasteiger partial charge on any atom is 0.263 e. The molecule has 202 valence electrons. The summed E-state index contributed by atoms with van der Waals surface area (Å²) in [7, 11) is 0. The number of rotatable bonds is 7. The number of carbonyl (C=O) groups is 2. The summed E-state index contributed by atoms with van der Waals surface area (Å²) in [5.41, 5.74) is 7.08. The molecule has 2 fully saturated rings. The molecule has 2 aromatic rings. The molecule has 1 aliphatic carbocycles. The van der Waals surface area contributed by atoms with Crippen LogP contribution in [0.25, 0.3) is 0 Å². The van der Waals surface area contributed by atoms with E-state index in [0.29, 0.717) is 18.0 Å². The molecular weight excluding hydrogens is 497 g/mol. The molecule has 0 spiro atoms. The lowest BCUT2D eigenvalue weighted by Crippen LogP contribution is -2.51. The molecule has 0 radical (unpaired) electrons. The molecule has 1 saturated heterocycles. The quantitative estimate of drug-likeness (QED) is 0.484. The average molecular weight is 536 g/mol. The first-order chi connectivity index (χ1) is 18.2. The molecule has 2 N–H and O–H groups in total. The first-order valence-corrected chi connectivity index (χ1v) is 14.7. The number of piperidine rings is 1. The molecule has 2 aromatic carbocycles. The van der Waals surface area contributed by atoms with E-state index < -0.39 is 10.2 Å². The van der Waals surface area contributed by atoms with Gasteiger partial charge in [0, 0.05) is 12.5 Å². The molecule has 7 heteroatoms. The van der Waals surface area contributed by atoms with Crippen molar-refractivity contribution in [2.75, 3.05) is 13.1 Å². The lowest BCUT2D eigenvalue weighted by molar-refractivity contribution is -0.125. The van der Waals surface area contributed by atoms with Crippen molar-refractivity contribution in [1.29, 1.82) is 0 Å². The van der Waals surface area contributed by atoms with E-state index in [1.807, 2.05) is 56.3 Å². The second-order valence-electron chi connectivity index (χ2n) is 11.5. The zero-order valence-corrected chi connectivity index (χ0v) is 23.2. The predicted octanol–water partition coefficient (Wildman–Crippen LogP) is 5.83. The van der Waals surface area contributed by atoms with Crippen LogP contribution in [0.4, 0.5) is 4.39 Å². The molecule has 5 nitrogen and oxygen atoms in total. The van der Waals surface area contributed by atoms with Crippen molar-refractivity contribution in [1.82, 2.24) is 4.90 Å². The van der Waals surface area contributed by atoms with E-state index in [0.717, 1.165) is 62.2 Å². The van der Waals surface area contributed by atoms with Gasteiger partial charge in [-0.05, 0) is 87.6 Å². The Kier molecular flexibility index (Phi) is 7.79. The van der Waals surface area contributed by atoms with Gasteiger partial charge in [0.1, 0.15) is 10.6 Å². The van der Waals surface area contributed by atoms with Crippen LogP contribution >= 0.6 is 11.8 Å². The summed E-state index contributed by atoms with van der Waals surface area (Å²) in [6.45, 7) is 5.95. The molecule has 1 saturated carbocycles. The first kappa shape index (κ1) is 27.1. The number of primary amides is 1. The fourth-order valence-corrected chi connectivity index (χ4v) is 8.32. The third-order valence-electron chi connectivity index (χ3n) is 9.33. The number of nitrogens with zero attached hydrogens (tertiary/aromatic N) is 2. The Balaban J connectivity index is 1.16. The van der Waals surface area contributed by atoms with Gasteiger partial charge in [-0.25, -0.2) is 9.38 Å². The number of carbonyl (C=O) groups excluding carboxylic acids is 2. The molecule has 2 aliphatic heterocycles. The van der Waals surface area contributed by atoms with Gasteiger partial charge in [-0.15, -0.1) is 0 Å². The Labute approximate surface area is 229 Å². The summed E-state index contributed by atoms with van der Waals surface area (Å²) < 4.78 is 13.7. The Morgan fingerprint density at radius 3 is 2.34 bits per heavy atom. The molecule has 0 aromatic heterocycles. The maximum atomic E-state index is 14.3. The number of amides is 2. The number of halogens is 1. The van der Waals surface area contributed by atoms with Gasteiger partial charge in [0.25, 0.3) is 5.91 Å². The molecule has 2 unspecified atom stereocenters. The summed E-state index contributed by atoms with van der Waals surface area (Å²) in [4.78, 5) is 32.7. The van der Waals surface area contributed by atoms with Crippen LogP contribution in [-0.2, 0) is 15.0 Å². The number of likely N-dealkylation sites (tertiary alicyclic amines) is 1. The lowest BCUT2D eigenvalue weighted by atomic mass is 9.67. The van der Waals surface area contributed by atoms with Crippen LogP contribution < -0.4 is 5.73 Å². The second-order valence-corrected chi connectivity index (χ2v) is 13.0. The van der Waals surface area contributed by atoms with Crippen LogP contribution in [0.1, 0.15) is 75.8 Å². The highest BCUT2D eigenvalue weighted by Gasteiger charge is 2.49. The van der Waals surface area contributed by atoms with Crippen molar-refractivity contribution in [2.45, 2.75) is 80.9 Å². The van der Waals surface area contributed by atoms with Crippen molar-refractivity contribution >= 4 is 28.6 Å². The van der Waals surface area contributed by atoms with E-state index in [2.05, 4.69) is 9.89 Å². The lowest BCUT2D eigenvalue weighted by Gasteiger charge is -2.46. The minimum atomic E-state index is -0.565. The van der Waals surface area contributed by atoms with Crippen LogP contribution in [0.2, 0.25) is 0 Å². The van der Waals surface area contributed by atoms with Crippen LogP contribution in [0, 0.1) is 11.7 Å². The van der Waals surface area contributed by atoms with Gasteiger partial charge in [-0.3, -0.25) is 9.59 Å². The van der Waals surface area contributed by atoms with Gasteiger partial charge in [-0.2, -0.15) is 0 Å². The summed E-state index contributed by atoms with van der Waals surface area (Å²) in [5.74, 6) is -0.230. The molecule has 2 atom stereocenters. The smallest absolute Gasteiger partial charge is 0.263 e. The van der Waals surface area contributed by atoms with Gasteiger partial charge < -0.3 is 10.6 Å². The zero-order chi connectivity index (χ0) is 26.9. The van der Waals surface area contributed by atoms with Crippen LogP contribution in [0.5, 0.6) is 0 Å². The van der Waals surface area contributed by atoms with Gasteiger partial charge >= 0.3 is 0 Å². The monoisotopic (exact) mass is 535 g/mol. The Bertz CT molecular complexity index is 1200. The largest absolute Gasteiger partial charge is 0.369 e. The third-order valence-corrected chi connectivity index (χ3v) is 10.8. The first-order valence-electron chi connectivity index (χ1n) is 13.9. The van der Waals surface area contributed by atoms with E-state index in [-0.39, 0.29) is 29.5 Å². The number of nitrogens with two attached hydrogens (primary N) is 1. The van der Waals surface area contributed by atoms with Gasteiger partial charge in [0.05, 0.1) is 10.5 Å². The second kappa shape index (κ2) is 10.9. The standard InChI is InChI=1S/C31H38FN3O2S/c1-21(25-10-6-7-11-26(25)32)20-27-34-29(37)30(2,38-27)22-14-18-35(19-15-22)24-12-16-31(17-13-24,28(33)36)23-8-4-3-5-9-23/h3-11,21-22,24H,12-20H2,1-2H3,(H2,33,36). The van der Waals surface area contributed by atoms with Crippen molar-refractivity contribution in [3.05, 3.63) is 71.5 Å². The molecule has 38 heavy (non-hydrogen) atoms. The van der Waals surface area contributed by atoms with Crippen molar-refractivity contribution in [3.63, 3.8) is 0 Å². The van der Waals surface area contributed by atoms with Gasteiger partial charge in [0.2, 0.25) is 5.91 Å². The van der Waals surface area contributed by atoms with E-state index in [9.17, 15) is 14.0 Å². The number of benzene rings is 2. The SMILES string of the molecule is CC(CC1=NC(=O)C(C)(C2CCN(C3CCC(C(N)=O)(c4ccccc4)CC3)CC2)S1)c1ccccc1F.